The molecule has 0 radical (unpaired) electrons. The summed E-state index contributed by atoms with van der Waals surface area (Å²) in [6.07, 6.45) is 2.53. The lowest BCUT2D eigenvalue weighted by Gasteiger charge is -2.18. The maximum atomic E-state index is 9.35. The quantitative estimate of drug-likeness (QED) is 0.390. The first-order valence-corrected chi connectivity index (χ1v) is 8.77. The van der Waals surface area contributed by atoms with Crippen LogP contribution in [0.15, 0.2) is 0 Å². The van der Waals surface area contributed by atoms with Crippen molar-refractivity contribution in [2.75, 3.05) is 35.7 Å². The number of aliphatic hydroxyl groups excluding tert-OH is 2. The molecule has 5 N–H and O–H groups in total. The van der Waals surface area contributed by atoms with E-state index in [0.29, 0.717) is 23.8 Å². The first-order valence-electron chi connectivity index (χ1n) is 8.77. The molecule has 0 aliphatic rings. The van der Waals surface area contributed by atoms with E-state index in [1.165, 1.54) is 0 Å². The SMILES string of the molecule is CC[C@H](CO)Nc1nc(NCCC(C)C)nc(N[C@@H](CC)CO)n1. The third-order valence-corrected chi connectivity index (χ3v) is 3.73. The number of rotatable bonds is 12. The van der Waals surface area contributed by atoms with E-state index in [9.17, 15) is 10.2 Å². The number of nitrogens with zero attached hydrogens (tertiary/aromatic N) is 3. The molecule has 0 unspecified atom stereocenters. The third kappa shape index (κ3) is 7.27. The second kappa shape index (κ2) is 11.0. The summed E-state index contributed by atoms with van der Waals surface area (Å²) in [6.45, 7) is 9.08. The summed E-state index contributed by atoms with van der Waals surface area (Å²) in [5.41, 5.74) is 0. The maximum absolute atomic E-state index is 9.35. The van der Waals surface area contributed by atoms with Gasteiger partial charge in [-0.2, -0.15) is 15.0 Å². The van der Waals surface area contributed by atoms with Crippen LogP contribution in [0, 0.1) is 5.92 Å². The van der Waals surface area contributed by atoms with Crippen LogP contribution in [0.25, 0.3) is 0 Å². The molecule has 8 heteroatoms. The Balaban J connectivity index is 2.90. The zero-order valence-corrected chi connectivity index (χ0v) is 15.2. The van der Waals surface area contributed by atoms with Crippen molar-refractivity contribution in [1.82, 2.24) is 15.0 Å². The molecule has 0 aliphatic heterocycles. The van der Waals surface area contributed by atoms with Gasteiger partial charge in [-0.15, -0.1) is 0 Å². The lowest BCUT2D eigenvalue weighted by atomic mass is 10.1. The van der Waals surface area contributed by atoms with Crippen LogP contribution in [0.1, 0.15) is 47.0 Å². The molecular weight excluding hydrogens is 308 g/mol. The summed E-state index contributed by atoms with van der Waals surface area (Å²) in [5.74, 6) is 1.89. The smallest absolute Gasteiger partial charge is 0.229 e. The van der Waals surface area contributed by atoms with Gasteiger partial charge in [-0.25, -0.2) is 0 Å². The molecule has 0 spiro atoms. The van der Waals surface area contributed by atoms with E-state index in [-0.39, 0.29) is 25.3 Å². The second-order valence-corrected chi connectivity index (χ2v) is 6.28. The Morgan fingerprint density at radius 1 is 0.833 bits per heavy atom. The van der Waals surface area contributed by atoms with Gasteiger partial charge in [0.25, 0.3) is 0 Å². The van der Waals surface area contributed by atoms with Gasteiger partial charge in [0.2, 0.25) is 17.8 Å². The van der Waals surface area contributed by atoms with E-state index in [0.717, 1.165) is 25.8 Å². The Labute approximate surface area is 144 Å². The lowest BCUT2D eigenvalue weighted by molar-refractivity contribution is 0.271. The van der Waals surface area contributed by atoms with Crippen molar-refractivity contribution >= 4 is 17.8 Å². The van der Waals surface area contributed by atoms with Crippen molar-refractivity contribution < 1.29 is 10.2 Å². The Morgan fingerprint density at radius 2 is 1.29 bits per heavy atom. The predicted octanol–water partition coefficient (Wildman–Crippen LogP) is 1.70. The fraction of sp³-hybridized carbons (Fsp3) is 0.812. The van der Waals surface area contributed by atoms with Crippen LogP contribution in [0.2, 0.25) is 0 Å². The normalized spacial score (nSPS) is 13.6. The Hall–Kier alpha value is -1.67. The van der Waals surface area contributed by atoms with Crippen molar-refractivity contribution in [3.8, 4) is 0 Å². The zero-order chi connectivity index (χ0) is 17.9. The van der Waals surface area contributed by atoms with Crippen LogP contribution < -0.4 is 16.0 Å². The molecule has 1 aromatic heterocycles. The molecule has 0 saturated carbocycles. The average Bonchev–Trinajstić information content (AvgIpc) is 2.57. The molecule has 2 atom stereocenters. The average molecular weight is 340 g/mol. The first-order chi connectivity index (χ1) is 11.5. The minimum absolute atomic E-state index is 0.00921. The van der Waals surface area contributed by atoms with Gasteiger partial charge in [0.1, 0.15) is 0 Å². The monoisotopic (exact) mass is 340 g/mol. The summed E-state index contributed by atoms with van der Waals surface area (Å²) in [7, 11) is 0. The molecule has 0 bridgehead atoms. The standard InChI is InChI=1S/C16H32N6O2/c1-5-12(9-23)18-15-20-14(17-8-7-11(3)4)21-16(22-15)19-13(6-2)10-24/h11-13,23-24H,5-10H2,1-4H3,(H3,17,18,19,20,21,22)/t12-,13+. The fourth-order valence-electron chi connectivity index (χ4n) is 1.98. The summed E-state index contributed by atoms with van der Waals surface area (Å²) in [5, 5.41) is 28.1. The molecule has 8 nitrogen and oxygen atoms in total. The highest BCUT2D eigenvalue weighted by atomic mass is 16.3. The maximum Gasteiger partial charge on any atom is 0.229 e. The largest absolute Gasteiger partial charge is 0.394 e. The minimum Gasteiger partial charge on any atom is -0.394 e. The van der Waals surface area contributed by atoms with Gasteiger partial charge in [0.15, 0.2) is 0 Å². The molecule has 0 amide bonds. The predicted molar refractivity (Wildman–Crippen MR) is 97.3 cm³/mol. The van der Waals surface area contributed by atoms with Gasteiger partial charge in [-0.1, -0.05) is 27.7 Å². The van der Waals surface area contributed by atoms with E-state index >= 15 is 0 Å². The van der Waals surface area contributed by atoms with Crippen molar-refractivity contribution in [3.05, 3.63) is 0 Å². The van der Waals surface area contributed by atoms with Crippen molar-refractivity contribution in [2.24, 2.45) is 5.92 Å². The highest BCUT2D eigenvalue weighted by Gasteiger charge is 2.13. The molecule has 0 aliphatic carbocycles. The third-order valence-electron chi connectivity index (χ3n) is 3.73. The number of hydrogen-bond acceptors (Lipinski definition) is 8. The number of nitrogens with one attached hydrogen (secondary N) is 3. The van der Waals surface area contributed by atoms with Crippen LogP contribution in [-0.4, -0.2) is 57.0 Å². The summed E-state index contributed by atoms with van der Waals surface area (Å²) < 4.78 is 0. The van der Waals surface area contributed by atoms with Crippen LogP contribution >= 0.6 is 0 Å². The van der Waals surface area contributed by atoms with Gasteiger partial charge in [-0.05, 0) is 25.2 Å². The van der Waals surface area contributed by atoms with Gasteiger partial charge < -0.3 is 26.2 Å². The number of aromatic nitrogens is 3. The second-order valence-electron chi connectivity index (χ2n) is 6.28. The molecule has 1 rings (SSSR count). The number of anilines is 3. The number of hydrogen-bond donors (Lipinski definition) is 5. The van der Waals surface area contributed by atoms with Crippen molar-refractivity contribution in [2.45, 2.75) is 59.0 Å². The molecule has 0 fully saturated rings. The molecule has 138 valence electrons. The van der Waals surface area contributed by atoms with Crippen LogP contribution in [0.5, 0.6) is 0 Å². The molecule has 24 heavy (non-hydrogen) atoms. The van der Waals surface area contributed by atoms with E-state index < -0.39 is 0 Å². The Kier molecular flexibility index (Phi) is 9.33. The summed E-state index contributed by atoms with van der Waals surface area (Å²) in [6, 6.07) is -0.216. The van der Waals surface area contributed by atoms with Crippen LogP contribution in [0.4, 0.5) is 17.8 Å². The Morgan fingerprint density at radius 3 is 1.67 bits per heavy atom. The van der Waals surface area contributed by atoms with Gasteiger partial charge in [-0.3, -0.25) is 0 Å². The fourth-order valence-corrected chi connectivity index (χ4v) is 1.98. The van der Waals surface area contributed by atoms with Gasteiger partial charge >= 0.3 is 0 Å². The van der Waals surface area contributed by atoms with Crippen molar-refractivity contribution in [1.29, 1.82) is 0 Å². The minimum atomic E-state index is -0.108. The molecule has 1 aromatic rings. The van der Waals surface area contributed by atoms with E-state index in [2.05, 4.69) is 44.7 Å². The summed E-state index contributed by atoms with van der Waals surface area (Å²) in [4.78, 5) is 13.1. The van der Waals surface area contributed by atoms with Crippen LogP contribution in [-0.2, 0) is 0 Å². The van der Waals surface area contributed by atoms with Gasteiger partial charge in [0.05, 0.1) is 25.3 Å². The van der Waals surface area contributed by atoms with Crippen molar-refractivity contribution in [3.63, 3.8) is 0 Å². The lowest BCUT2D eigenvalue weighted by Crippen LogP contribution is -2.27. The summed E-state index contributed by atoms with van der Waals surface area (Å²) >= 11 is 0. The van der Waals surface area contributed by atoms with E-state index in [4.69, 9.17) is 0 Å². The molecular formula is C16H32N6O2. The Bertz CT molecular complexity index is 432. The molecule has 1 heterocycles. The number of aliphatic hydroxyl groups is 2. The molecule has 0 saturated heterocycles. The topological polar surface area (TPSA) is 115 Å². The molecule has 0 aromatic carbocycles. The van der Waals surface area contributed by atoms with Crippen LogP contribution in [0.3, 0.4) is 0 Å². The van der Waals surface area contributed by atoms with Gasteiger partial charge in [0, 0.05) is 6.54 Å². The van der Waals surface area contributed by atoms with E-state index in [1.54, 1.807) is 0 Å². The zero-order valence-electron chi connectivity index (χ0n) is 15.2. The first kappa shape index (κ1) is 20.4. The van der Waals surface area contributed by atoms with E-state index in [1.807, 2.05) is 13.8 Å². The highest BCUT2D eigenvalue weighted by Crippen LogP contribution is 2.13. The highest BCUT2D eigenvalue weighted by molar-refractivity contribution is 5.43.